The Hall–Kier alpha value is -1.06. The second-order valence-electron chi connectivity index (χ2n) is 5.16. The summed E-state index contributed by atoms with van der Waals surface area (Å²) in [6.07, 6.45) is 3.36. The SMILES string of the molecule is CCCCCNC(=O)C(C)NC(C)c1ccc(Cl)cc1. The summed E-state index contributed by atoms with van der Waals surface area (Å²) in [7, 11) is 0. The van der Waals surface area contributed by atoms with Gasteiger partial charge in [0.05, 0.1) is 6.04 Å². The molecule has 1 amide bonds. The summed E-state index contributed by atoms with van der Waals surface area (Å²) < 4.78 is 0. The van der Waals surface area contributed by atoms with Crippen LogP contribution in [0.3, 0.4) is 0 Å². The Morgan fingerprint density at radius 3 is 2.45 bits per heavy atom. The molecule has 2 atom stereocenters. The van der Waals surface area contributed by atoms with Crippen molar-refractivity contribution in [1.82, 2.24) is 10.6 Å². The van der Waals surface area contributed by atoms with Crippen molar-refractivity contribution in [2.45, 2.75) is 52.1 Å². The molecule has 0 saturated carbocycles. The van der Waals surface area contributed by atoms with Crippen molar-refractivity contribution in [2.75, 3.05) is 6.54 Å². The highest BCUT2D eigenvalue weighted by molar-refractivity contribution is 6.30. The average Bonchev–Trinajstić information content (AvgIpc) is 2.44. The Bertz CT molecular complexity index is 405. The van der Waals surface area contributed by atoms with Crippen LogP contribution in [0, 0.1) is 0 Å². The van der Waals surface area contributed by atoms with Gasteiger partial charge >= 0.3 is 0 Å². The van der Waals surface area contributed by atoms with E-state index in [0.717, 1.165) is 36.4 Å². The normalized spacial score (nSPS) is 13.8. The lowest BCUT2D eigenvalue weighted by Crippen LogP contribution is -2.43. The topological polar surface area (TPSA) is 41.1 Å². The van der Waals surface area contributed by atoms with Crippen LogP contribution in [0.25, 0.3) is 0 Å². The molecule has 0 aliphatic rings. The summed E-state index contributed by atoms with van der Waals surface area (Å²) in [4.78, 5) is 11.9. The van der Waals surface area contributed by atoms with Crippen molar-refractivity contribution in [3.05, 3.63) is 34.9 Å². The molecule has 0 radical (unpaired) electrons. The van der Waals surface area contributed by atoms with E-state index in [9.17, 15) is 4.79 Å². The quantitative estimate of drug-likeness (QED) is 0.718. The van der Waals surface area contributed by atoms with Crippen LogP contribution >= 0.6 is 11.6 Å². The van der Waals surface area contributed by atoms with Gasteiger partial charge in [0.15, 0.2) is 0 Å². The van der Waals surface area contributed by atoms with Crippen LogP contribution < -0.4 is 10.6 Å². The van der Waals surface area contributed by atoms with Gasteiger partial charge in [-0.2, -0.15) is 0 Å². The molecule has 4 heteroatoms. The molecule has 0 heterocycles. The number of hydrogen-bond acceptors (Lipinski definition) is 2. The zero-order valence-corrected chi connectivity index (χ0v) is 13.3. The van der Waals surface area contributed by atoms with Crippen molar-refractivity contribution in [1.29, 1.82) is 0 Å². The van der Waals surface area contributed by atoms with Gasteiger partial charge in [-0.3, -0.25) is 10.1 Å². The third kappa shape index (κ3) is 5.93. The molecule has 0 bridgehead atoms. The van der Waals surface area contributed by atoms with Gasteiger partial charge in [0.2, 0.25) is 5.91 Å². The first-order valence-electron chi connectivity index (χ1n) is 7.33. The molecule has 0 aliphatic carbocycles. The van der Waals surface area contributed by atoms with E-state index >= 15 is 0 Å². The molecule has 1 rings (SSSR count). The lowest BCUT2D eigenvalue weighted by molar-refractivity contribution is -0.122. The molecule has 0 aliphatic heterocycles. The number of hydrogen-bond donors (Lipinski definition) is 2. The van der Waals surface area contributed by atoms with E-state index < -0.39 is 0 Å². The predicted octanol–water partition coefficient (Wildman–Crippen LogP) is 3.69. The van der Waals surface area contributed by atoms with E-state index in [2.05, 4.69) is 17.6 Å². The zero-order valence-electron chi connectivity index (χ0n) is 12.6. The maximum Gasteiger partial charge on any atom is 0.236 e. The second kappa shape index (κ2) is 8.98. The Morgan fingerprint density at radius 1 is 1.20 bits per heavy atom. The van der Waals surface area contributed by atoms with Gasteiger partial charge < -0.3 is 5.32 Å². The minimum Gasteiger partial charge on any atom is -0.355 e. The first-order valence-corrected chi connectivity index (χ1v) is 7.71. The largest absolute Gasteiger partial charge is 0.355 e. The van der Waals surface area contributed by atoms with E-state index in [4.69, 9.17) is 11.6 Å². The minimum atomic E-state index is -0.206. The van der Waals surface area contributed by atoms with E-state index in [1.165, 1.54) is 0 Å². The highest BCUT2D eigenvalue weighted by Gasteiger charge is 2.15. The molecule has 20 heavy (non-hydrogen) atoms. The molecule has 1 aromatic rings. The van der Waals surface area contributed by atoms with Crippen LogP contribution in [-0.4, -0.2) is 18.5 Å². The maximum atomic E-state index is 11.9. The number of benzene rings is 1. The van der Waals surface area contributed by atoms with Crippen LogP contribution in [-0.2, 0) is 4.79 Å². The molecular formula is C16H25ClN2O. The highest BCUT2D eigenvalue weighted by Crippen LogP contribution is 2.16. The molecule has 0 saturated heterocycles. The third-order valence-corrected chi connectivity index (χ3v) is 3.59. The summed E-state index contributed by atoms with van der Waals surface area (Å²) in [6.45, 7) is 6.85. The van der Waals surface area contributed by atoms with Gasteiger partial charge in [0.1, 0.15) is 0 Å². The third-order valence-electron chi connectivity index (χ3n) is 3.34. The van der Waals surface area contributed by atoms with E-state index in [1.54, 1.807) is 0 Å². The summed E-state index contributed by atoms with van der Waals surface area (Å²) in [6, 6.07) is 7.60. The van der Waals surface area contributed by atoms with E-state index in [0.29, 0.717) is 0 Å². The average molecular weight is 297 g/mol. The Labute approximate surface area is 127 Å². The molecule has 2 unspecified atom stereocenters. The highest BCUT2D eigenvalue weighted by atomic mass is 35.5. The van der Waals surface area contributed by atoms with Crippen LogP contribution in [0.15, 0.2) is 24.3 Å². The van der Waals surface area contributed by atoms with Gasteiger partial charge in [0, 0.05) is 17.6 Å². The van der Waals surface area contributed by atoms with Gasteiger partial charge in [-0.15, -0.1) is 0 Å². The Morgan fingerprint density at radius 2 is 1.85 bits per heavy atom. The fourth-order valence-electron chi connectivity index (χ4n) is 2.04. The fourth-order valence-corrected chi connectivity index (χ4v) is 2.16. The molecule has 1 aromatic carbocycles. The standard InChI is InChI=1S/C16H25ClN2O/c1-4-5-6-11-18-16(20)13(3)19-12(2)14-7-9-15(17)10-8-14/h7-10,12-13,19H,4-6,11H2,1-3H3,(H,18,20). The lowest BCUT2D eigenvalue weighted by atomic mass is 10.1. The zero-order chi connectivity index (χ0) is 15.0. The monoisotopic (exact) mass is 296 g/mol. The molecule has 0 fully saturated rings. The Kier molecular flexibility index (Phi) is 7.63. The van der Waals surface area contributed by atoms with Gasteiger partial charge in [0.25, 0.3) is 0 Å². The van der Waals surface area contributed by atoms with Crippen molar-refractivity contribution in [3.8, 4) is 0 Å². The lowest BCUT2D eigenvalue weighted by Gasteiger charge is -2.20. The number of carbonyl (C=O) groups excluding carboxylic acids is 1. The van der Waals surface area contributed by atoms with Crippen molar-refractivity contribution in [3.63, 3.8) is 0 Å². The van der Waals surface area contributed by atoms with Crippen LogP contribution in [0.4, 0.5) is 0 Å². The molecule has 3 nitrogen and oxygen atoms in total. The van der Waals surface area contributed by atoms with Crippen molar-refractivity contribution in [2.24, 2.45) is 0 Å². The van der Waals surface area contributed by atoms with Crippen LogP contribution in [0.5, 0.6) is 0 Å². The molecular weight excluding hydrogens is 272 g/mol. The Balaban J connectivity index is 2.38. The summed E-state index contributed by atoms with van der Waals surface area (Å²) >= 11 is 5.87. The van der Waals surface area contributed by atoms with Gasteiger partial charge in [-0.05, 0) is 38.0 Å². The maximum absolute atomic E-state index is 11.9. The number of nitrogens with one attached hydrogen (secondary N) is 2. The van der Waals surface area contributed by atoms with E-state index in [1.807, 2.05) is 38.1 Å². The number of carbonyl (C=O) groups is 1. The molecule has 2 N–H and O–H groups in total. The first kappa shape index (κ1) is 17.0. The smallest absolute Gasteiger partial charge is 0.236 e. The summed E-state index contributed by atoms with van der Waals surface area (Å²) in [5.74, 6) is 0.0573. The number of halogens is 1. The first-order chi connectivity index (χ1) is 9.54. The summed E-state index contributed by atoms with van der Waals surface area (Å²) in [5.41, 5.74) is 1.13. The van der Waals surface area contributed by atoms with Crippen molar-refractivity contribution < 1.29 is 4.79 Å². The van der Waals surface area contributed by atoms with E-state index in [-0.39, 0.29) is 18.0 Å². The number of rotatable bonds is 8. The van der Waals surface area contributed by atoms with Crippen LogP contribution in [0.2, 0.25) is 5.02 Å². The molecule has 0 spiro atoms. The van der Waals surface area contributed by atoms with Crippen LogP contribution in [0.1, 0.15) is 51.6 Å². The molecule has 0 aromatic heterocycles. The fraction of sp³-hybridized carbons (Fsp3) is 0.562. The summed E-state index contributed by atoms with van der Waals surface area (Å²) in [5, 5.41) is 6.99. The second-order valence-corrected chi connectivity index (χ2v) is 5.60. The number of amides is 1. The number of unbranched alkanes of at least 4 members (excludes halogenated alkanes) is 2. The van der Waals surface area contributed by atoms with Crippen molar-refractivity contribution >= 4 is 17.5 Å². The predicted molar refractivity (Wildman–Crippen MR) is 85.0 cm³/mol. The van der Waals surface area contributed by atoms with Gasteiger partial charge in [-0.1, -0.05) is 43.5 Å². The minimum absolute atomic E-state index is 0.0573. The molecule has 112 valence electrons. The van der Waals surface area contributed by atoms with Gasteiger partial charge in [-0.25, -0.2) is 0 Å².